The number of hydrogen-bond donors (Lipinski definition) is 2. The van der Waals surface area contributed by atoms with Crippen LogP contribution >= 0.6 is 35.7 Å². The van der Waals surface area contributed by atoms with Gasteiger partial charge in [-0.05, 0) is 38.2 Å². The van der Waals surface area contributed by atoms with Crippen LogP contribution < -0.4 is 10.6 Å². The van der Waals surface area contributed by atoms with E-state index in [2.05, 4.69) is 35.7 Å². The second-order valence-corrected chi connectivity index (χ2v) is 5.34. The number of hydrogen-bond acceptors (Lipinski definition) is 3. The predicted octanol–water partition coefficient (Wildman–Crippen LogP) is 3.12. The van der Waals surface area contributed by atoms with E-state index in [1.54, 1.807) is 0 Å². The Kier molecular flexibility index (Phi) is 21.8. The van der Waals surface area contributed by atoms with Gasteiger partial charge in [0.15, 0.2) is 5.96 Å². The van der Waals surface area contributed by atoms with E-state index in [0.717, 1.165) is 58.1 Å². The molecule has 0 heterocycles. The number of nitrogens with zero attached hydrogens (tertiary/aromatic N) is 1. The van der Waals surface area contributed by atoms with Crippen molar-refractivity contribution in [2.24, 2.45) is 4.99 Å². The standard InChI is InChI=1S/C14H31N3OS.HI/c1-4-6-11-18-12-7-9-16-14(15-5-2)17-10-8-13-19-3;/h4-13H2,1-3H3,(H2,15,16,17);1H. The van der Waals surface area contributed by atoms with Crippen LogP contribution in [0.15, 0.2) is 4.99 Å². The number of halogens is 1. The van der Waals surface area contributed by atoms with Gasteiger partial charge in [0.1, 0.15) is 0 Å². The molecule has 122 valence electrons. The summed E-state index contributed by atoms with van der Waals surface area (Å²) in [5, 5.41) is 6.60. The van der Waals surface area contributed by atoms with Gasteiger partial charge in [0, 0.05) is 32.8 Å². The second-order valence-electron chi connectivity index (χ2n) is 4.35. The molecule has 0 unspecified atom stereocenters. The van der Waals surface area contributed by atoms with Gasteiger partial charge in [-0.1, -0.05) is 13.3 Å². The molecule has 0 radical (unpaired) electrons. The number of ether oxygens (including phenoxy) is 1. The number of nitrogens with one attached hydrogen (secondary N) is 2. The van der Waals surface area contributed by atoms with Crippen LogP contribution in [0.2, 0.25) is 0 Å². The molecule has 0 atom stereocenters. The molecule has 0 amide bonds. The zero-order chi connectivity index (χ0) is 14.2. The average molecular weight is 417 g/mol. The van der Waals surface area contributed by atoms with Crippen LogP contribution in [0.4, 0.5) is 0 Å². The molecule has 20 heavy (non-hydrogen) atoms. The van der Waals surface area contributed by atoms with Gasteiger partial charge in [-0.3, -0.25) is 4.99 Å². The molecular formula is C14H32IN3OS. The first kappa shape index (κ1) is 22.6. The lowest BCUT2D eigenvalue weighted by molar-refractivity contribution is 0.129. The summed E-state index contributed by atoms with van der Waals surface area (Å²) < 4.78 is 5.53. The highest BCUT2D eigenvalue weighted by molar-refractivity contribution is 14.0. The topological polar surface area (TPSA) is 45.6 Å². The maximum Gasteiger partial charge on any atom is 0.191 e. The van der Waals surface area contributed by atoms with Crippen LogP contribution in [0.3, 0.4) is 0 Å². The van der Waals surface area contributed by atoms with Crippen LogP contribution in [0.5, 0.6) is 0 Å². The summed E-state index contributed by atoms with van der Waals surface area (Å²) in [6.45, 7) is 8.71. The van der Waals surface area contributed by atoms with E-state index in [0.29, 0.717) is 0 Å². The summed E-state index contributed by atoms with van der Waals surface area (Å²) in [6.07, 6.45) is 6.65. The third kappa shape index (κ3) is 16.4. The fourth-order valence-electron chi connectivity index (χ4n) is 1.47. The van der Waals surface area contributed by atoms with Gasteiger partial charge in [0.2, 0.25) is 0 Å². The minimum atomic E-state index is 0. The van der Waals surface area contributed by atoms with Gasteiger partial charge in [-0.25, -0.2) is 0 Å². The highest BCUT2D eigenvalue weighted by Gasteiger charge is 1.96. The van der Waals surface area contributed by atoms with Crippen molar-refractivity contribution in [3.05, 3.63) is 0 Å². The van der Waals surface area contributed by atoms with Crippen molar-refractivity contribution in [2.75, 3.05) is 44.9 Å². The summed E-state index contributed by atoms with van der Waals surface area (Å²) in [6, 6.07) is 0. The smallest absolute Gasteiger partial charge is 0.191 e. The molecule has 0 aromatic rings. The van der Waals surface area contributed by atoms with Gasteiger partial charge in [0.25, 0.3) is 0 Å². The lowest BCUT2D eigenvalue weighted by Crippen LogP contribution is -2.38. The molecule has 0 rings (SSSR count). The highest BCUT2D eigenvalue weighted by atomic mass is 127. The molecule has 2 N–H and O–H groups in total. The lowest BCUT2D eigenvalue weighted by Gasteiger charge is -2.11. The van der Waals surface area contributed by atoms with Crippen molar-refractivity contribution in [3.8, 4) is 0 Å². The Morgan fingerprint density at radius 3 is 2.50 bits per heavy atom. The van der Waals surface area contributed by atoms with Crippen molar-refractivity contribution < 1.29 is 4.74 Å². The van der Waals surface area contributed by atoms with Gasteiger partial charge in [0.05, 0.1) is 0 Å². The van der Waals surface area contributed by atoms with E-state index in [9.17, 15) is 0 Å². The zero-order valence-electron chi connectivity index (χ0n) is 13.2. The average Bonchev–Trinajstić information content (AvgIpc) is 2.42. The van der Waals surface area contributed by atoms with Crippen molar-refractivity contribution in [1.82, 2.24) is 10.6 Å². The number of guanidine groups is 1. The molecule has 0 aliphatic rings. The fourth-order valence-corrected chi connectivity index (χ4v) is 1.89. The first-order chi connectivity index (χ1) is 9.35. The Bertz CT molecular complexity index is 219. The van der Waals surface area contributed by atoms with E-state index >= 15 is 0 Å². The molecular weight excluding hydrogens is 385 g/mol. The largest absolute Gasteiger partial charge is 0.381 e. The van der Waals surface area contributed by atoms with E-state index in [-0.39, 0.29) is 24.0 Å². The van der Waals surface area contributed by atoms with Crippen LogP contribution in [0.25, 0.3) is 0 Å². The van der Waals surface area contributed by atoms with Crippen LogP contribution in [0, 0.1) is 0 Å². The number of aliphatic imine (C=N–C) groups is 1. The predicted molar refractivity (Wildman–Crippen MR) is 103 cm³/mol. The van der Waals surface area contributed by atoms with Crippen molar-refractivity contribution in [1.29, 1.82) is 0 Å². The molecule has 0 aliphatic carbocycles. The van der Waals surface area contributed by atoms with E-state index in [1.807, 2.05) is 11.8 Å². The van der Waals surface area contributed by atoms with Crippen LogP contribution in [-0.2, 0) is 4.74 Å². The third-order valence-electron chi connectivity index (χ3n) is 2.52. The minimum Gasteiger partial charge on any atom is -0.381 e. The van der Waals surface area contributed by atoms with Gasteiger partial charge in [-0.2, -0.15) is 11.8 Å². The Balaban J connectivity index is 0. The van der Waals surface area contributed by atoms with Gasteiger partial charge < -0.3 is 15.4 Å². The molecule has 0 aliphatic heterocycles. The Morgan fingerprint density at radius 1 is 1.10 bits per heavy atom. The highest BCUT2D eigenvalue weighted by Crippen LogP contribution is 1.95. The molecule has 6 heteroatoms. The molecule has 4 nitrogen and oxygen atoms in total. The summed E-state index contributed by atoms with van der Waals surface area (Å²) in [5.41, 5.74) is 0. The quantitative estimate of drug-likeness (QED) is 0.222. The Morgan fingerprint density at radius 2 is 1.85 bits per heavy atom. The van der Waals surface area contributed by atoms with Gasteiger partial charge >= 0.3 is 0 Å². The van der Waals surface area contributed by atoms with E-state index < -0.39 is 0 Å². The monoisotopic (exact) mass is 417 g/mol. The second kappa shape index (κ2) is 19.3. The zero-order valence-corrected chi connectivity index (χ0v) is 16.4. The summed E-state index contributed by atoms with van der Waals surface area (Å²) in [7, 11) is 0. The maximum absolute atomic E-state index is 5.53. The minimum absolute atomic E-state index is 0. The van der Waals surface area contributed by atoms with Crippen molar-refractivity contribution in [3.63, 3.8) is 0 Å². The first-order valence-corrected chi connectivity index (χ1v) is 8.83. The summed E-state index contributed by atoms with van der Waals surface area (Å²) >= 11 is 1.87. The third-order valence-corrected chi connectivity index (χ3v) is 3.22. The summed E-state index contributed by atoms with van der Waals surface area (Å²) in [4.78, 5) is 4.54. The maximum atomic E-state index is 5.53. The lowest BCUT2D eigenvalue weighted by atomic mass is 10.4. The van der Waals surface area contributed by atoms with Gasteiger partial charge in [-0.15, -0.1) is 24.0 Å². The van der Waals surface area contributed by atoms with Crippen molar-refractivity contribution >= 4 is 41.7 Å². The van der Waals surface area contributed by atoms with Crippen LogP contribution in [0.1, 0.15) is 39.5 Å². The Hall–Kier alpha value is 0.310. The molecule has 0 saturated carbocycles. The number of thioether (sulfide) groups is 1. The molecule has 0 bridgehead atoms. The molecule has 0 saturated heterocycles. The van der Waals surface area contributed by atoms with Crippen molar-refractivity contribution in [2.45, 2.75) is 39.5 Å². The molecule has 0 aromatic heterocycles. The summed E-state index contributed by atoms with van der Waals surface area (Å²) in [5.74, 6) is 2.10. The SMILES string of the molecule is CCCCOCCCNC(=NCCCSC)NCC.I. The van der Waals surface area contributed by atoms with E-state index in [1.165, 1.54) is 12.2 Å². The number of rotatable bonds is 12. The normalized spacial score (nSPS) is 11.1. The Labute approximate surface area is 146 Å². The molecule has 0 spiro atoms. The fraction of sp³-hybridized carbons (Fsp3) is 0.929. The van der Waals surface area contributed by atoms with Crippen LogP contribution in [-0.4, -0.2) is 50.8 Å². The molecule has 0 fully saturated rings. The van der Waals surface area contributed by atoms with E-state index in [4.69, 9.17) is 4.74 Å². The number of unbranched alkanes of at least 4 members (excludes halogenated alkanes) is 1. The first-order valence-electron chi connectivity index (χ1n) is 7.44. The molecule has 0 aromatic carbocycles.